The number of rotatable bonds is 23. The summed E-state index contributed by atoms with van der Waals surface area (Å²) >= 11 is 1.56. The summed E-state index contributed by atoms with van der Waals surface area (Å²) in [7, 11) is 0. The molecule has 7 atom stereocenters. The van der Waals surface area contributed by atoms with Crippen LogP contribution in [0.3, 0.4) is 0 Å². The number of primary amides is 1. The fourth-order valence-corrected chi connectivity index (χ4v) is 11.7. The molecule has 8 amide bonds. The first kappa shape index (κ1) is 62.5. The molecule has 19 nitrogen and oxygen atoms in total. The third-order valence-electron chi connectivity index (χ3n) is 15.2. The van der Waals surface area contributed by atoms with Gasteiger partial charge in [0.25, 0.3) is 0 Å². The number of fused-ring (bicyclic) bond motifs is 1. The molecule has 0 aliphatic carbocycles. The number of unbranched alkanes of at least 4 members (excludes halogenated alkanes) is 4. The van der Waals surface area contributed by atoms with E-state index >= 15 is 0 Å². The molecule has 0 bridgehead atoms. The van der Waals surface area contributed by atoms with Crippen LogP contribution < -0.4 is 32.7 Å². The van der Waals surface area contributed by atoms with Gasteiger partial charge in [0, 0.05) is 57.9 Å². The van der Waals surface area contributed by atoms with Crippen LogP contribution in [0.4, 0.5) is 0 Å². The van der Waals surface area contributed by atoms with Gasteiger partial charge < -0.3 is 52.5 Å². The summed E-state index contributed by atoms with van der Waals surface area (Å²) in [5.74, 6) is -3.33. The lowest BCUT2D eigenvalue weighted by molar-refractivity contribution is -0.145. The number of β-amino-alcohol motifs (C(OH)–C–C–N with tert-alkyl or cyclic N) is 1. The minimum Gasteiger partial charge on any atom is -0.391 e. The lowest BCUT2D eigenvalue weighted by Crippen LogP contribution is -2.60. The number of aryl methyl sites for hydroxylation is 1. The summed E-state index contributed by atoms with van der Waals surface area (Å²) in [6.07, 6.45) is 4.10. The number of nitrogens with zero attached hydrogens (tertiary/aromatic N) is 4. The van der Waals surface area contributed by atoms with Crippen LogP contribution in [0.2, 0.25) is 0 Å². The van der Waals surface area contributed by atoms with Crippen molar-refractivity contribution >= 4 is 71.0 Å². The number of hydrogen-bond acceptors (Lipinski definition) is 12. The van der Waals surface area contributed by atoms with E-state index in [1.54, 1.807) is 21.7 Å². The minimum atomic E-state index is -1.13. The molecule has 0 saturated carbocycles. The van der Waals surface area contributed by atoms with Crippen LogP contribution in [-0.4, -0.2) is 134 Å². The Morgan fingerprint density at radius 1 is 0.775 bits per heavy atom. The number of aliphatic hydroxyl groups excluding tert-OH is 1. The average Bonchev–Trinajstić information content (AvgIpc) is 4.26. The standard InChI is InChI=1S/C59H78N10O9S.ClH/c1-37-52(79-36-63-37)41-24-22-38(23-25-41)33-62-55(75)47-32-43(70)34-68(47)58(78)53(59(2,3)4)65-49(72)20-14-6-5-7-15-21-50(73)67-31-30-42-26-28-46(69(42)57(77)44(60)35-67)56(76)64-45(27-29-48(61)71)54(74)66-51(39-16-10-8-11-17-39)40-18-12-9-13-19-40;/h8-13,16-19,22-25,36,42-47,51,53,70H,5-7,14-15,20-21,26-35,60H2,1-4H3,(H2,61,71)(H,62,75)(H,64,76)(H,65,72)(H,66,74);1H/t42-,43-,44+,45+,46+,47+,53-;/m1./s1. The molecule has 0 spiro atoms. The van der Waals surface area contributed by atoms with Gasteiger partial charge in [0.15, 0.2) is 0 Å². The van der Waals surface area contributed by atoms with Crippen LogP contribution in [0.5, 0.6) is 0 Å². The van der Waals surface area contributed by atoms with Crippen molar-refractivity contribution in [3.05, 3.63) is 113 Å². The molecule has 3 saturated heterocycles. The predicted octanol–water partition coefficient (Wildman–Crippen LogP) is 4.96. The number of carbonyl (C=O) groups is 8. The van der Waals surface area contributed by atoms with Gasteiger partial charge in [-0.25, -0.2) is 4.98 Å². The van der Waals surface area contributed by atoms with Gasteiger partial charge in [-0.15, -0.1) is 23.7 Å². The number of likely N-dealkylation sites (tertiary alicyclic amines) is 1. The molecule has 9 N–H and O–H groups in total. The fraction of sp³-hybridized carbons (Fsp3) is 0.508. The monoisotopic (exact) mass is 1140 g/mol. The van der Waals surface area contributed by atoms with E-state index in [4.69, 9.17) is 11.5 Å². The van der Waals surface area contributed by atoms with Crippen LogP contribution in [-0.2, 0) is 44.9 Å². The minimum absolute atomic E-state index is 0. The van der Waals surface area contributed by atoms with Gasteiger partial charge in [-0.05, 0) is 73.1 Å². The highest BCUT2D eigenvalue weighted by Crippen LogP contribution is 2.32. The van der Waals surface area contributed by atoms with Crippen LogP contribution in [0.15, 0.2) is 90.4 Å². The molecule has 3 aliphatic rings. The molecule has 80 heavy (non-hydrogen) atoms. The maximum atomic E-state index is 14.1. The van der Waals surface area contributed by atoms with Crippen molar-refractivity contribution in [2.24, 2.45) is 16.9 Å². The SMILES string of the molecule is Cc1ncsc1-c1ccc(CNC(=O)[C@@H]2C[C@@H](O)CN2C(=O)[C@@H](NC(=O)CCCCCCCC(=O)N2CC[C@H]3CC[C@@H](C(=O)N[C@@H](CCC(N)=O)C(=O)NC(c4ccccc4)c4ccccc4)N3C(=O)[C@@H](N)C2)C(C)(C)C)cc1.Cl. The van der Waals surface area contributed by atoms with Crippen molar-refractivity contribution in [1.29, 1.82) is 0 Å². The Balaban J connectivity index is 0.0000103. The summed E-state index contributed by atoms with van der Waals surface area (Å²) < 4.78 is 0. The number of nitrogens with one attached hydrogen (secondary N) is 4. The van der Waals surface area contributed by atoms with E-state index < -0.39 is 77.3 Å². The average molecular weight is 1140 g/mol. The Morgan fingerprint density at radius 2 is 1.41 bits per heavy atom. The van der Waals surface area contributed by atoms with E-state index in [0.717, 1.165) is 52.1 Å². The number of aromatic nitrogens is 1. The number of aliphatic hydroxyl groups is 1. The molecule has 4 heterocycles. The number of carbonyl (C=O) groups excluding carboxylic acids is 8. The molecule has 4 aromatic rings. The van der Waals surface area contributed by atoms with Crippen molar-refractivity contribution in [2.45, 2.75) is 166 Å². The molecular formula is C59H79ClN10O9S. The third kappa shape index (κ3) is 16.7. The molecule has 3 fully saturated rings. The summed E-state index contributed by atoms with van der Waals surface area (Å²) in [6.45, 7) is 8.07. The second-order valence-corrected chi connectivity index (χ2v) is 23.1. The van der Waals surface area contributed by atoms with Gasteiger partial charge >= 0.3 is 0 Å². The molecule has 432 valence electrons. The largest absolute Gasteiger partial charge is 0.391 e. The number of hydrogen-bond donors (Lipinski definition) is 7. The first-order chi connectivity index (χ1) is 37.8. The molecule has 0 unspecified atom stereocenters. The number of nitrogens with two attached hydrogens (primary N) is 2. The highest BCUT2D eigenvalue weighted by atomic mass is 35.5. The number of benzene rings is 3. The Bertz CT molecular complexity index is 2720. The van der Waals surface area contributed by atoms with Crippen molar-refractivity contribution in [3.8, 4) is 10.4 Å². The first-order valence-corrected chi connectivity index (χ1v) is 28.6. The fourth-order valence-electron chi connectivity index (χ4n) is 10.9. The van der Waals surface area contributed by atoms with Crippen molar-refractivity contribution in [3.63, 3.8) is 0 Å². The zero-order chi connectivity index (χ0) is 56.8. The van der Waals surface area contributed by atoms with Crippen molar-refractivity contribution < 1.29 is 43.5 Å². The Labute approximate surface area is 479 Å². The van der Waals surface area contributed by atoms with Crippen LogP contribution in [0, 0.1) is 12.3 Å². The van der Waals surface area contributed by atoms with Gasteiger partial charge in [0.1, 0.15) is 30.2 Å². The molecule has 0 radical (unpaired) electrons. The van der Waals surface area contributed by atoms with E-state index in [1.165, 1.54) is 9.80 Å². The van der Waals surface area contributed by atoms with Crippen LogP contribution >= 0.6 is 23.7 Å². The molecule has 3 aliphatic heterocycles. The topological polar surface area (TPSA) is 280 Å². The van der Waals surface area contributed by atoms with E-state index in [-0.39, 0.29) is 87.9 Å². The highest BCUT2D eigenvalue weighted by molar-refractivity contribution is 7.13. The predicted molar refractivity (Wildman–Crippen MR) is 307 cm³/mol. The summed E-state index contributed by atoms with van der Waals surface area (Å²) in [5.41, 5.74) is 17.6. The zero-order valence-electron chi connectivity index (χ0n) is 46.3. The lowest BCUT2D eigenvalue weighted by atomic mass is 9.85. The van der Waals surface area contributed by atoms with Gasteiger partial charge in [0.05, 0.1) is 28.2 Å². The van der Waals surface area contributed by atoms with Gasteiger partial charge in [-0.3, -0.25) is 38.4 Å². The summed E-state index contributed by atoms with van der Waals surface area (Å²) in [5, 5.41) is 22.4. The quantitative estimate of drug-likeness (QED) is 0.0488. The Kier molecular flexibility index (Phi) is 22.7. The number of halogens is 1. The van der Waals surface area contributed by atoms with Crippen LogP contribution in [0.25, 0.3) is 10.4 Å². The molecule has 3 aromatic carbocycles. The normalized spacial score (nSPS) is 19.9. The summed E-state index contributed by atoms with van der Waals surface area (Å²) in [4.78, 5) is 118. The second kappa shape index (κ2) is 29.1. The van der Waals surface area contributed by atoms with Gasteiger partial charge in [0.2, 0.25) is 47.3 Å². The molecule has 21 heteroatoms. The van der Waals surface area contributed by atoms with E-state index in [1.807, 2.05) is 113 Å². The van der Waals surface area contributed by atoms with Gasteiger partial charge in [-0.2, -0.15) is 0 Å². The van der Waals surface area contributed by atoms with Crippen LogP contribution in [0.1, 0.15) is 133 Å². The number of amides is 8. The van der Waals surface area contributed by atoms with E-state index in [2.05, 4.69) is 26.3 Å². The maximum Gasteiger partial charge on any atom is 0.246 e. The van der Waals surface area contributed by atoms with E-state index in [0.29, 0.717) is 38.6 Å². The van der Waals surface area contributed by atoms with Crippen molar-refractivity contribution in [1.82, 2.24) is 41.0 Å². The number of thiazole rings is 1. The van der Waals surface area contributed by atoms with Gasteiger partial charge in [-0.1, -0.05) is 125 Å². The lowest BCUT2D eigenvalue weighted by Gasteiger charge is -2.37. The smallest absolute Gasteiger partial charge is 0.246 e. The first-order valence-electron chi connectivity index (χ1n) is 27.7. The maximum absolute atomic E-state index is 14.1. The van der Waals surface area contributed by atoms with Crippen molar-refractivity contribution in [2.75, 3.05) is 19.6 Å². The second-order valence-electron chi connectivity index (χ2n) is 22.3. The summed E-state index contributed by atoms with van der Waals surface area (Å²) in [6, 6.07) is 20.8. The Morgan fingerprint density at radius 3 is 2.02 bits per heavy atom. The molecule has 1 aromatic heterocycles. The Hall–Kier alpha value is -6.74. The molecule has 7 rings (SSSR count). The highest BCUT2D eigenvalue weighted by Gasteiger charge is 2.46. The zero-order valence-corrected chi connectivity index (χ0v) is 47.9. The third-order valence-corrected chi connectivity index (χ3v) is 16.2. The van der Waals surface area contributed by atoms with E-state index in [9.17, 15) is 43.5 Å². The molecular weight excluding hydrogens is 1060 g/mol.